The third kappa shape index (κ3) is 5.35. The van der Waals surface area contributed by atoms with Crippen molar-refractivity contribution < 1.29 is 0 Å². The lowest BCUT2D eigenvalue weighted by Gasteiger charge is -2.49. The number of hydrogen-bond donors (Lipinski definition) is 1. The Labute approximate surface area is 370 Å². The monoisotopic (exact) mass is 816 g/mol. The van der Waals surface area contributed by atoms with Crippen molar-refractivity contribution >= 4 is 78.2 Å². The number of fused-ring (bicyclic) bond motifs is 8. The maximum absolute atomic E-state index is 4.08. The number of benzene rings is 8. The topological polar surface area (TPSA) is 15.3 Å². The van der Waals surface area contributed by atoms with Gasteiger partial charge in [0.15, 0.2) is 7.28 Å². The lowest BCUT2D eigenvalue weighted by atomic mass is 9.54. The van der Waals surface area contributed by atoms with E-state index in [9.17, 15) is 0 Å². The molecular weight excluding hydrogens is 768 g/mol. The first-order valence-corrected chi connectivity index (χ1v) is 23.1. The molecule has 8 aromatic carbocycles. The van der Waals surface area contributed by atoms with E-state index in [0.717, 1.165) is 18.7 Å². The Balaban J connectivity index is 1.12. The summed E-state index contributed by atoms with van der Waals surface area (Å²) in [5.41, 5.74) is 20.5. The molecule has 1 N–H and O–H groups in total. The molecule has 2 aliphatic heterocycles. The van der Waals surface area contributed by atoms with Gasteiger partial charge in [0.2, 0.25) is 0 Å². The van der Waals surface area contributed by atoms with Gasteiger partial charge in [-0.15, -0.1) is 11.3 Å². The summed E-state index contributed by atoms with van der Waals surface area (Å²) >= 11 is 1.90. The Bertz CT molecular complexity index is 3230. The van der Waals surface area contributed by atoms with E-state index in [-0.39, 0.29) is 10.8 Å². The van der Waals surface area contributed by atoms with E-state index in [4.69, 9.17) is 0 Å². The van der Waals surface area contributed by atoms with Gasteiger partial charge in [-0.2, -0.15) is 0 Å². The van der Waals surface area contributed by atoms with Crippen molar-refractivity contribution in [1.29, 1.82) is 0 Å². The molecule has 0 fully saturated rings. The van der Waals surface area contributed by atoms with Gasteiger partial charge in [0, 0.05) is 48.5 Å². The molecule has 3 heterocycles. The highest BCUT2D eigenvalue weighted by Gasteiger charge is 2.48. The second-order valence-electron chi connectivity index (χ2n) is 19.2. The Morgan fingerprint density at radius 3 is 2.02 bits per heavy atom. The number of hydrogen-bond acceptors (Lipinski definition) is 3. The summed E-state index contributed by atoms with van der Waals surface area (Å²) in [5, 5.41) is 6.72. The van der Waals surface area contributed by atoms with E-state index in [0.29, 0.717) is 0 Å². The first-order chi connectivity index (χ1) is 30.1. The highest BCUT2D eigenvalue weighted by atomic mass is 32.1. The minimum absolute atomic E-state index is 0.115. The quantitative estimate of drug-likeness (QED) is 0.174. The van der Waals surface area contributed by atoms with Gasteiger partial charge in [-0.3, -0.25) is 0 Å². The van der Waals surface area contributed by atoms with Gasteiger partial charge >= 0.3 is 0 Å². The minimum Gasteiger partial charge on any atom is -0.355 e. The standard InChI is InChI=1S/C58H49BN2S/c1-36-33-41(52-47(29-30-51-53(52)40-21-12-15-26-50(40)62-51)60-39-27-28-42-45(35-39)57(4,5)32-31-56(42,2)3)54-49(34-36)61-48-25-14-13-22-43(48)58(37-17-8-6-9-18-37,38-19-10-7-11-20-38)44-23-16-24-46(59-54)55(44)61/h6-30,33-35,59-60H,31-32H2,1-5H3. The van der Waals surface area contributed by atoms with Crippen LogP contribution in [0.5, 0.6) is 0 Å². The molecule has 0 amide bonds. The largest absolute Gasteiger partial charge is 0.355 e. The maximum Gasteiger partial charge on any atom is 0.198 e. The molecule has 0 radical (unpaired) electrons. The van der Waals surface area contributed by atoms with Crippen molar-refractivity contribution in [2.24, 2.45) is 0 Å². The zero-order chi connectivity index (χ0) is 42.0. The Morgan fingerprint density at radius 2 is 1.24 bits per heavy atom. The second kappa shape index (κ2) is 13.6. The molecule has 12 rings (SSSR count). The van der Waals surface area contributed by atoms with E-state index in [1.54, 1.807) is 0 Å². The van der Waals surface area contributed by atoms with Gasteiger partial charge in [-0.1, -0.05) is 161 Å². The lowest BCUT2D eigenvalue weighted by Crippen LogP contribution is -2.47. The number of nitrogens with zero attached hydrogens (tertiary/aromatic N) is 1. The molecule has 2 nitrogen and oxygen atoms in total. The van der Waals surface area contributed by atoms with Gasteiger partial charge in [-0.25, -0.2) is 0 Å². The fourth-order valence-corrected chi connectivity index (χ4v) is 12.7. The summed E-state index contributed by atoms with van der Waals surface area (Å²) in [4.78, 5) is 2.62. The van der Waals surface area contributed by atoms with Crippen molar-refractivity contribution in [3.8, 4) is 11.1 Å². The van der Waals surface area contributed by atoms with Crippen LogP contribution in [0.2, 0.25) is 0 Å². The van der Waals surface area contributed by atoms with Gasteiger partial charge < -0.3 is 10.2 Å². The van der Waals surface area contributed by atoms with Crippen LogP contribution in [0, 0.1) is 6.92 Å². The smallest absolute Gasteiger partial charge is 0.198 e. The van der Waals surface area contributed by atoms with Crippen LogP contribution in [0.15, 0.2) is 170 Å². The van der Waals surface area contributed by atoms with Crippen LogP contribution in [0.1, 0.15) is 79.5 Å². The van der Waals surface area contributed by atoms with Gasteiger partial charge in [0.05, 0.1) is 11.1 Å². The van der Waals surface area contributed by atoms with E-state index in [2.05, 4.69) is 215 Å². The lowest BCUT2D eigenvalue weighted by molar-refractivity contribution is 0.332. The average Bonchev–Trinajstić information content (AvgIpc) is 3.67. The molecule has 0 saturated carbocycles. The molecule has 0 spiro atoms. The molecule has 9 aromatic rings. The summed E-state index contributed by atoms with van der Waals surface area (Å²) in [6.07, 6.45) is 2.39. The fourth-order valence-electron chi connectivity index (χ4n) is 11.6. The second-order valence-corrected chi connectivity index (χ2v) is 20.3. The predicted molar refractivity (Wildman–Crippen MR) is 267 cm³/mol. The van der Waals surface area contributed by atoms with Crippen molar-refractivity contribution in [2.75, 3.05) is 10.2 Å². The molecule has 3 aliphatic rings. The van der Waals surface area contributed by atoms with Crippen LogP contribution < -0.4 is 21.1 Å². The number of nitrogens with one attached hydrogen (secondary N) is 1. The molecule has 300 valence electrons. The van der Waals surface area contributed by atoms with E-state index >= 15 is 0 Å². The van der Waals surface area contributed by atoms with Gasteiger partial charge in [0.1, 0.15) is 0 Å². The van der Waals surface area contributed by atoms with Crippen LogP contribution in [-0.4, -0.2) is 7.28 Å². The SMILES string of the molecule is Cc1cc(-c2c(Nc3ccc4c(c3)C(C)(C)CCC4(C)C)ccc3sc4ccccc4c23)c2c(c1)N1c3ccccc3C(c3ccccc3)(c3ccccc3)c3cccc(c31)B2. The van der Waals surface area contributed by atoms with Gasteiger partial charge in [-0.05, 0) is 123 Å². The summed E-state index contributed by atoms with van der Waals surface area (Å²) in [7, 11) is 0.826. The van der Waals surface area contributed by atoms with Crippen LogP contribution in [-0.2, 0) is 16.2 Å². The normalized spacial score (nSPS) is 16.2. The first-order valence-electron chi connectivity index (χ1n) is 22.3. The zero-order valence-corrected chi connectivity index (χ0v) is 37.0. The number of para-hydroxylation sites is 2. The summed E-state index contributed by atoms with van der Waals surface area (Å²) in [6, 6.07) is 64.3. The molecule has 0 saturated heterocycles. The molecule has 62 heavy (non-hydrogen) atoms. The van der Waals surface area contributed by atoms with Crippen LogP contribution in [0.4, 0.5) is 28.4 Å². The van der Waals surface area contributed by atoms with Crippen LogP contribution in [0.25, 0.3) is 31.3 Å². The zero-order valence-electron chi connectivity index (χ0n) is 36.1. The fraction of sp³-hybridized carbons (Fsp3) is 0.172. The van der Waals surface area contributed by atoms with Crippen molar-refractivity contribution in [3.63, 3.8) is 0 Å². The number of rotatable bonds is 5. The van der Waals surface area contributed by atoms with Crippen LogP contribution in [0.3, 0.4) is 0 Å². The molecule has 0 bridgehead atoms. The third-order valence-corrected chi connectivity index (χ3v) is 15.8. The molecule has 0 atom stereocenters. The molecule has 0 unspecified atom stereocenters. The van der Waals surface area contributed by atoms with E-state index in [1.807, 2.05) is 11.3 Å². The summed E-state index contributed by atoms with van der Waals surface area (Å²) < 4.78 is 2.63. The Kier molecular flexibility index (Phi) is 8.19. The summed E-state index contributed by atoms with van der Waals surface area (Å²) in [5.74, 6) is 0. The van der Waals surface area contributed by atoms with Crippen molar-refractivity contribution in [3.05, 3.63) is 209 Å². The number of anilines is 5. The molecule has 4 heteroatoms. The van der Waals surface area contributed by atoms with Gasteiger partial charge in [0.25, 0.3) is 0 Å². The highest BCUT2D eigenvalue weighted by molar-refractivity contribution is 7.26. The highest BCUT2D eigenvalue weighted by Crippen LogP contribution is 2.58. The van der Waals surface area contributed by atoms with E-state index < -0.39 is 5.41 Å². The van der Waals surface area contributed by atoms with E-state index in [1.165, 1.54) is 111 Å². The van der Waals surface area contributed by atoms with Crippen LogP contribution >= 0.6 is 11.3 Å². The Hall–Kier alpha value is -6.36. The first kappa shape index (κ1) is 37.4. The molecule has 1 aromatic heterocycles. The maximum atomic E-state index is 4.08. The van der Waals surface area contributed by atoms with Crippen molar-refractivity contribution in [2.45, 2.75) is 63.7 Å². The number of thiophene rings is 1. The van der Waals surface area contributed by atoms with Crippen molar-refractivity contribution in [1.82, 2.24) is 0 Å². The third-order valence-electron chi connectivity index (χ3n) is 14.6. The predicted octanol–water partition coefficient (Wildman–Crippen LogP) is 14.0. The average molecular weight is 817 g/mol. The molecule has 1 aliphatic carbocycles. The summed E-state index contributed by atoms with van der Waals surface area (Å²) in [6.45, 7) is 11.9. The minimum atomic E-state index is -0.498. The Morgan fingerprint density at radius 1 is 0.565 bits per heavy atom. The molecular formula is C58H49BN2S. The number of aryl methyl sites for hydroxylation is 1.